The van der Waals surface area contributed by atoms with Crippen LogP contribution in [0.1, 0.15) is 0 Å². The second-order valence-corrected chi connectivity index (χ2v) is 4.07. The number of anilines is 2. The van der Waals surface area contributed by atoms with Gasteiger partial charge in [-0.05, 0) is 18.2 Å². The fourth-order valence-electron chi connectivity index (χ4n) is 1.14. The first-order valence-corrected chi connectivity index (χ1v) is 5.34. The number of carbonyl (C=O) groups is 2. The molecule has 2 N–H and O–H groups in total. The minimum absolute atomic E-state index is 0.285. The molecule has 0 unspecified atom stereocenters. The van der Waals surface area contributed by atoms with Gasteiger partial charge in [-0.25, -0.2) is 0 Å². The molecule has 1 aromatic carbocycles. The molecule has 0 aliphatic rings. The Morgan fingerprint density at radius 2 is 1.14 bits per heavy atom. The zero-order valence-electron chi connectivity index (χ0n) is 9.69. The molecule has 1 aromatic rings. The first-order valence-electron chi connectivity index (χ1n) is 4.96. The van der Waals surface area contributed by atoms with Gasteiger partial charge in [0.25, 0.3) is 0 Å². The Morgan fingerprint density at radius 1 is 0.810 bits per heavy atom. The van der Waals surface area contributed by atoms with Gasteiger partial charge < -0.3 is 10.6 Å². The topological polar surface area (TPSA) is 58.2 Å². The summed E-state index contributed by atoms with van der Waals surface area (Å²) < 4.78 is 72.2. The molecule has 0 atom stereocenters. The SMILES string of the molecule is O=C(Nc1cc(Cl)cc(NC(=O)C(F)(F)F)c1)C(F)(F)F. The van der Waals surface area contributed by atoms with Crippen LogP contribution in [-0.4, -0.2) is 24.2 Å². The van der Waals surface area contributed by atoms with E-state index in [1.807, 2.05) is 0 Å². The second-order valence-electron chi connectivity index (χ2n) is 3.63. The fraction of sp³-hybridized carbons (Fsp3) is 0.200. The number of rotatable bonds is 2. The minimum Gasteiger partial charge on any atom is -0.318 e. The van der Waals surface area contributed by atoms with Gasteiger partial charge in [0.05, 0.1) is 0 Å². The van der Waals surface area contributed by atoms with Gasteiger partial charge in [0.15, 0.2) is 0 Å². The molecule has 0 aliphatic heterocycles. The summed E-state index contributed by atoms with van der Waals surface area (Å²) in [6.07, 6.45) is -10.4. The molecular weight excluding hydrogens is 330 g/mol. The summed E-state index contributed by atoms with van der Waals surface area (Å²) in [7, 11) is 0. The first kappa shape index (κ1) is 17.1. The monoisotopic (exact) mass is 334 g/mol. The summed E-state index contributed by atoms with van der Waals surface area (Å²) >= 11 is 5.48. The van der Waals surface area contributed by atoms with Gasteiger partial charge >= 0.3 is 24.2 Å². The quantitative estimate of drug-likeness (QED) is 0.815. The van der Waals surface area contributed by atoms with Crippen molar-refractivity contribution in [2.24, 2.45) is 0 Å². The summed E-state index contributed by atoms with van der Waals surface area (Å²) in [6.45, 7) is 0. The van der Waals surface area contributed by atoms with Crippen LogP contribution in [-0.2, 0) is 9.59 Å². The van der Waals surface area contributed by atoms with Crippen molar-refractivity contribution >= 4 is 34.8 Å². The molecule has 0 aromatic heterocycles. The van der Waals surface area contributed by atoms with Gasteiger partial charge in [-0.15, -0.1) is 0 Å². The van der Waals surface area contributed by atoms with E-state index in [1.54, 1.807) is 0 Å². The molecule has 0 fully saturated rings. The van der Waals surface area contributed by atoms with Crippen LogP contribution in [0.15, 0.2) is 18.2 Å². The third-order valence-corrected chi connectivity index (χ3v) is 2.15. The fourth-order valence-corrected chi connectivity index (χ4v) is 1.37. The zero-order chi connectivity index (χ0) is 16.4. The Bertz CT molecular complexity index is 523. The Balaban J connectivity index is 2.96. The number of nitrogens with one attached hydrogen (secondary N) is 2. The van der Waals surface area contributed by atoms with E-state index >= 15 is 0 Å². The van der Waals surface area contributed by atoms with Crippen molar-refractivity contribution in [1.29, 1.82) is 0 Å². The van der Waals surface area contributed by atoms with E-state index in [0.29, 0.717) is 6.07 Å². The number of halogens is 7. The normalized spacial score (nSPS) is 12.0. The lowest BCUT2D eigenvalue weighted by atomic mass is 10.2. The van der Waals surface area contributed by atoms with Crippen LogP contribution in [0.3, 0.4) is 0 Å². The van der Waals surface area contributed by atoms with Crippen LogP contribution in [0.25, 0.3) is 0 Å². The highest BCUT2D eigenvalue weighted by atomic mass is 35.5. The second kappa shape index (κ2) is 5.80. The van der Waals surface area contributed by atoms with Crippen molar-refractivity contribution in [1.82, 2.24) is 0 Å². The van der Waals surface area contributed by atoms with E-state index in [4.69, 9.17) is 11.6 Å². The maximum absolute atomic E-state index is 12.0. The largest absolute Gasteiger partial charge is 0.471 e. The molecule has 1 rings (SSSR count). The van der Waals surface area contributed by atoms with Crippen LogP contribution >= 0.6 is 11.6 Å². The number of alkyl halides is 6. The third kappa shape index (κ3) is 5.14. The minimum atomic E-state index is -5.18. The standard InChI is InChI=1S/C10H5ClF6N2O2/c11-4-1-5(18-7(20)9(12,13)14)3-6(2-4)19-8(21)10(15,16)17/h1-3H,(H,18,20)(H,19,21). The van der Waals surface area contributed by atoms with Crippen LogP contribution < -0.4 is 10.6 Å². The smallest absolute Gasteiger partial charge is 0.318 e. The summed E-state index contributed by atoms with van der Waals surface area (Å²) in [5.74, 6) is -4.67. The molecule has 11 heteroatoms. The van der Waals surface area contributed by atoms with Crippen molar-refractivity contribution < 1.29 is 35.9 Å². The number of hydrogen-bond donors (Lipinski definition) is 2. The van der Waals surface area contributed by atoms with Crippen LogP contribution in [0, 0.1) is 0 Å². The zero-order valence-corrected chi connectivity index (χ0v) is 10.5. The van der Waals surface area contributed by atoms with Crippen LogP contribution in [0.4, 0.5) is 37.7 Å². The van der Waals surface area contributed by atoms with E-state index in [9.17, 15) is 35.9 Å². The predicted molar refractivity (Wildman–Crippen MR) is 60.8 cm³/mol. The van der Waals surface area contributed by atoms with Gasteiger partial charge in [0.1, 0.15) is 0 Å². The Morgan fingerprint density at radius 3 is 1.43 bits per heavy atom. The van der Waals surface area contributed by atoms with Crippen molar-refractivity contribution in [3.8, 4) is 0 Å². The first-order chi connectivity index (χ1) is 9.39. The maximum atomic E-state index is 12.0. The highest BCUT2D eigenvalue weighted by Gasteiger charge is 2.40. The molecule has 4 nitrogen and oxygen atoms in total. The molecule has 0 aliphatic carbocycles. The predicted octanol–water partition coefficient (Wildman–Crippen LogP) is 3.34. The van der Waals surface area contributed by atoms with Crippen molar-refractivity contribution in [3.63, 3.8) is 0 Å². The van der Waals surface area contributed by atoms with Crippen LogP contribution in [0.2, 0.25) is 5.02 Å². The molecule has 0 heterocycles. The lowest BCUT2D eigenvalue weighted by molar-refractivity contribution is -0.167. The van der Waals surface area contributed by atoms with Crippen molar-refractivity contribution in [2.75, 3.05) is 10.6 Å². The summed E-state index contributed by atoms with van der Waals surface area (Å²) in [4.78, 5) is 21.4. The molecule has 21 heavy (non-hydrogen) atoms. The van der Waals surface area contributed by atoms with E-state index in [-0.39, 0.29) is 5.02 Å². The van der Waals surface area contributed by atoms with Gasteiger partial charge in [0.2, 0.25) is 0 Å². The molecule has 0 spiro atoms. The Hall–Kier alpha value is -1.97. The van der Waals surface area contributed by atoms with E-state index in [1.165, 1.54) is 10.6 Å². The number of benzene rings is 1. The molecule has 116 valence electrons. The van der Waals surface area contributed by atoms with Crippen LogP contribution in [0.5, 0.6) is 0 Å². The summed E-state index contributed by atoms with van der Waals surface area (Å²) in [5.41, 5.74) is -1.05. The van der Waals surface area contributed by atoms with Gasteiger partial charge in [-0.2, -0.15) is 26.3 Å². The summed E-state index contributed by atoms with van der Waals surface area (Å²) in [6, 6.07) is 2.43. The Kier molecular flexibility index (Phi) is 4.72. The van der Waals surface area contributed by atoms with Gasteiger partial charge in [-0.3, -0.25) is 9.59 Å². The lowest BCUT2D eigenvalue weighted by Crippen LogP contribution is -2.31. The average Bonchev–Trinajstić information content (AvgIpc) is 2.25. The average molecular weight is 335 g/mol. The maximum Gasteiger partial charge on any atom is 0.471 e. The van der Waals surface area contributed by atoms with Gasteiger partial charge in [-0.1, -0.05) is 11.6 Å². The highest BCUT2D eigenvalue weighted by molar-refractivity contribution is 6.31. The summed E-state index contributed by atoms with van der Waals surface area (Å²) in [5, 5.41) is 2.50. The lowest BCUT2D eigenvalue weighted by Gasteiger charge is -2.12. The van der Waals surface area contributed by atoms with Crippen molar-refractivity contribution in [2.45, 2.75) is 12.4 Å². The molecule has 0 radical (unpaired) electrons. The van der Waals surface area contributed by atoms with E-state index in [2.05, 4.69) is 0 Å². The third-order valence-electron chi connectivity index (χ3n) is 1.93. The van der Waals surface area contributed by atoms with Crippen molar-refractivity contribution in [3.05, 3.63) is 23.2 Å². The number of carbonyl (C=O) groups excluding carboxylic acids is 2. The Labute approximate surface area is 118 Å². The number of hydrogen-bond acceptors (Lipinski definition) is 2. The molecule has 0 saturated heterocycles. The molecule has 0 bridgehead atoms. The molecular formula is C10H5ClF6N2O2. The van der Waals surface area contributed by atoms with E-state index < -0.39 is 35.5 Å². The molecule has 0 saturated carbocycles. The molecule has 2 amide bonds. The van der Waals surface area contributed by atoms with E-state index in [0.717, 1.165) is 12.1 Å². The van der Waals surface area contributed by atoms with Gasteiger partial charge in [0, 0.05) is 16.4 Å². The number of amides is 2. The highest BCUT2D eigenvalue weighted by Crippen LogP contribution is 2.26.